The third-order valence-electron chi connectivity index (χ3n) is 3.02. The van der Waals surface area contributed by atoms with Gasteiger partial charge in [-0.05, 0) is 56.2 Å². The van der Waals surface area contributed by atoms with E-state index in [2.05, 4.69) is 10.6 Å². The molecule has 20 heavy (non-hydrogen) atoms. The van der Waals surface area contributed by atoms with Crippen molar-refractivity contribution in [1.29, 1.82) is 0 Å². The number of benzene rings is 2. The molecule has 0 spiro atoms. The van der Waals surface area contributed by atoms with Crippen molar-refractivity contribution in [1.82, 2.24) is 0 Å². The zero-order valence-corrected chi connectivity index (χ0v) is 12.5. The smallest absolute Gasteiger partial charge is 0.308 e. The molecule has 0 saturated carbocycles. The summed E-state index contributed by atoms with van der Waals surface area (Å²) in [6, 6.07) is 10.8. The molecule has 2 aromatic carbocycles. The second kappa shape index (κ2) is 5.97. The number of aryl methyl sites for hydroxylation is 3. The number of carbonyl (C=O) groups excluding carboxylic acids is 1. The molecule has 0 saturated heterocycles. The number of rotatable bonds is 2. The van der Waals surface area contributed by atoms with Crippen LogP contribution in [0, 0.1) is 20.8 Å². The van der Waals surface area contributed by atoms with Crippen LogP contribution in [0.1, 0.15) is 16.7 Å². The van der Waals surface area contributed by atoms with Crippen LogP contribution in [0.5, 0.6) is 0 Å². The lowest BCUT2D eigenvalue weighted by Gasteiger charge is -2.13. The van der Waals surface area contributed by atoms with Gasteiger partial charge in [0.25, 0.3) is 0 Å². The van der Waals surface area contributed by atoms with Crippen LogP contribution in [-0.2, 0) is 0 Å². The fourth-order valence-electron chi connectivity index (χ4n) is 2.19. The summed E-state index contributed by atoms with van der Waals surface area (Å²) in [6.45, 7) is 6.01. The Bertz CT molecular complexity index is 612. The van der Waals surface area contributed by atoms with Crippen LogP contribution in [-0.4, -0.2) is 6.03 Å². The molecule has 0 aliphatic heterocycles. The van der Waals surface area contributed by atoms with Crippen molar-refractivity contribution in [3.8, 4) is 0 Å². The van der Waals surface area contributed by atoms with Crippen LogP contribution in [0.25, 0.3) is 0 Å². The van der Waals surface area contributed by atoms with Gasteiger partial charge >= 0.3 is 6.03 Å². The Hall–Kier alpha value is -2.00. The Morgan fingerprint density at radius 3 is 2.05 bits per heavy atom. The normalized spacial score (nSPS) is 10.2. The molecule has 2 aromatic rings. The standard InChI is InChI=1S/C16H17ClN2O/c1-10-8-11(2)15(12(3)9-10)19-16(20)18-14-6-4-13(17)5-7-14/h4-9H,1-3H3,(H2,18,19,20). The van der Waals surface area contributed by atoms with Crippen LogP contribution in [0.4, 0.5) is 16.2 Å². The van der Waals surface area contributed by atoms with Crippen molar-refractivity contribution in [2.24, 2.45) is 0 Å². The lowest BCUT2D eigenvalue weighted by Crippen LogP contribution is -2.20. The van der Waals surface area contributed by atoms with Gasteiger partial charge in [0.2, 0.25) is 0 Å². The molecule has 104 valence electrons. The van der Waals surface area contributed by atoms with E-state index >= 15 is 0 Å². The van der Waals surface area contributed by atoms with Crippen molar-refractivity contribution in [2.75, 3.05) is 10.6 Å². The molecule has 2 amide bonds. The van der Waals surface area contributed by atoms with Crippen molar-refractivity contribution in [2.45, 2.75) is 20.8 Å². The summed E-state index contributed by atoms with van der Waals surface area (Å²) in [5.41, 5.74) is 4.84. The molecule has 3 nitrogen and oxygen atoms in total. The first-order chi connectivity index (χ1) is 9.45. The van der Waals surface area contributed by atoms with E-state index in [-0.39, 0.29) is 6.03 Å². The quantitative estimate of drug-likeness (QED) is 0.810. The molecule has 0 fully saturated rings. The molecular formula is C16H17ClN2O. The van der Waals surface area contributed by atoms with Gasteiger partial charge in [0, 0.05) is 16.4 Å². The number of anilines is 2. The first-order valence-electron chi connectivity index (χ1n) is 6.37. The summed E-state index contributed by atoms with van der Waals surface area (Å²) in [6.07, 6.45) is 0. The zero-order valence-electron chi connectivity index (χ0n) is 11.8. The second-order valence-electron chi connectivity index (χ2n) is 4.86. The maximum Gasteiger partial charge on any atom is 0.323 e. The predicted molar refractivity (Wildman–Crippen MR) is 84.7 cm³/mol. The Morgan fingerprint density at radius 2 is 1.50 bits per heavy atom. The molecule has 0 atom stereocenters. The van der Waals surface area contributed by atoms with E-state index in [1.165, 1.54) is 5.56 Å². The summed E-state index contributed by atoms with van der Waals surface area (Å²) in [5, 5.41) is 6.30. The summed E-state index contributed by atoms with van der Waals surface area (Å²) >= 11 is 5.81. The van der Waals surface area contributed by atoms with Gasteiger partial charge in [-0.3, -0.25) is 0 Å². The minimum atomic E-state index is -0.262. The number of amides is 2. The van der Waals surface area contributed by atoms with Gasteiger partial charge in [0.1, 0.15) is 0 Å². The van der Waals surface area contributed by atoms with Crippen molar-refractivity contribution < 1.29 is 4.79 Å². The van der Waals surface area contributed by atoms with Gasteiger partial charge in [-0.15, -0.1) is 0 Å². The molecule has 0 bridgehead atoms. The van der Waals surface area contributed by atoms with Gasteiger partial charge in [-0.2, -0.15) is 0 Å². The summed E-state index contributed by atoms with van der Waals surface area (Å²) in [7, 11) is 0. The maximum absolute atomic E-state index is 12.0. The van der Waals surface area contributed by atoms with Crippen LogP contribution >= 0.6 is 11.6 Å². The van der Waals surface area contributed by atoms with E-state index in [0.29, 0.717) is 10.7 Å². The summed E-state index contributed by atoms with van der Waals surface area (Å²) in [4.78, 5) is 12.0. The topological polar surface area (TPSA) is 41.1 Å². The molecule has 2 rings (SSSR count). The third kappa shape index (κ3) is 3.52. The monoisotopic (exact) mass is 288 g/mol. The van der Waals surface area contributed by atoms with Crippen molar-refractivity contribution in [3.05, 3.63) is 58.1 Å². The molecule has 0 aliphatic rings. The predicted octanol–water partition coefficient (Wildman–Crippen LogP) is 4.91. The second-order valence-corrected chi connectivity index (χ2v) is 5.30. The van der Waals surface area contributed by atoms with E-state index in [0.717, 1.165) is 16.8 Å². The molecule has 4 heteroatoms. The highest BCUT2D eigenvalue weighted by atomic mass is 35.5. The fourth-order valence-corrected chi connectivity index (χ4v) is 2.31. The molecule has 0 aliphatic carbocycles. The maximum atomic E-state index is 12.0. The van der Waals surface area contributed by atoms with Gasteiger partial charge < -0.3 is 10.6 Å². The number of halogens is 1. The highest BCUT2D eigenvalue weighted by Crippen LogP contribution is 2.22. The Labute approximate surface area is 124 Å². The lowest BCUT2D eigenvalue weighted by atomic mass is 10.1. The first kappa shape index (κ1) is 14.4. The molecule has 0 radical (unpaired) electrons. The molecule has 0 heterocycles. The van der Waals surface area contributed by atoms with Crippen molar-refractivity contribution >= 4 is 29.0 Å². The van der Waals surface area contributed by atoms with E-state index in [1.807, 2.05) is 32.9 Å². The highest BCUT2D eigenvalue weighted by Gasteiger charge is 2.08. The number of carbonyl (C=O) groups is 1. The number of urea groups is 1. The van der Waals surface area contributed by atoms with E-state index in [9.17, 15) is 4.79 Å². The minimum Gasteiger partial charge on any atom is -0.308 e. The van der Waals surface area contributed by atoms with Crippen LogP contribution in [0.3, 0.4) is 0 Å². The van der Waals surface area contributed by atoms with E-state index < -0.39 is 0 Å². The van der Waals surface area contributed by atoms with E-state index in [4.69, 9.17) is 11.6 Å². The third-order valence-corrected chi connectivity index (χ3v) is 3.27. The summed E-state index contributed by atoms with van der Waals surface area (Å²) in [5.74, 6) is 0. The van der Waals surface area contributed by atoms with Gasteiger partial charge in [0.15, 0.2) is 0 Å². The average Bonchev–Trinajstić information content (AvgIpc) is 2.36. The molecule has 0 unspecified atom stereocenters. The SMILES string of the molecule is Cc1cc(C)c(NC(=O)Nc2ccc(Cl)cc2)c(C)c1. The zero-order chi connectivity index (χ0) is 14.7. The van der Waals surface area contributed by atoms with Crippen LogP contribution in [0.2, 0.25) is 5.02 Å². The number of hydrogen-bond acceptors (Lipinski definition) is 1. The summed E-state index contributed by atoms with van der Waals surface area (Å²) < 4.78 is 0. The van der Waals surface area contributed by atoms with Crippen molar-refractivity contribution in [3.63, 3.8) is 0 Å². The number of nitrogens with one attached hydrogen (secondary N) is 2. The van der Waals surface area contributed by atoms with Gasteiger partial charge in [-0.25, -0.2) is 4.79 Å². The highest BCUT2D eigenvalue weighted by molar-refractivity contribution is 6.30. The van der Waals surface area contributed by atoms with Gasteiger partial charge in [-0.1, -0.05) is 29.3 Å². The van der Waals surface area contributed by atoms with Crippen LogP contribution < -0.4 is 10.6 Å². The lowest BCUT2D eigenvalue weighted by molar-refractivity contribution is 0.262. The first-order valence-corrected chi connectivity index (χ1v) is 6.75. The van der Waals surface area contributed by atoms with Gasteiger partial charge in [0.05, 0.1) is 0 Å². The Morgan fingerprint density at radius 1 is 0.950 bits per heavy atom. The van der Waals surface area contributed by atoms with Crippen LogP contribution in [0.15, 0.2) is 36.4 Å². The Balaban J connectivity index is 2.10. The minimum absolute atomic E-state index is 0.262. The molecule has 2 N–H and O–H groups in total. The largest absolute Gasteiger partial charge is 0.323 e. The Kier molecular flexibility index (Phi) is 4.30. The molecule has 0 aromatic heterocycles. The fraction of sp³-hybridized carbons (Fsp3) is 0.188. The number of hydrogen-bond donors (Lipinski definition) is 2. The van der Waals surface area contributed by atoms with E-state index in [1.54, 1.807) is 24.3 Å². The molecular weight excluding hydrogens is 272 g/mol. The average molecular weight is 289 g/mol.